The molecule has 0 unspecified atom stereocenters. The van der Waals surface area contributed by atoms with Crippen LogP contribution < -0.4 is 0 Å². The van der Waals surface area contributed by atoms with E-state index in [-0.39, 0.29) is 25.2 Å². The van der Waals surface area contributed by atoms with E-state index in [1.807, 2.05) is 11.9 Å². The second-order valence-corrected chi connectivity index (χ2v) is 3.62. The smallest absolute Gasteiger partial charge is 0.305 e. The number of carboxylic acid groups (broad SMARTS) is 1. The van der Waals surface area contributed by atoms with Gasteiger partial charge < -0.3 is 14.9 Å². The number of nitrogens with zero attached hydrogens (tertiary/aromatic N) is 1. The maximum absolute atomic E-state index is 10.2. The fourth-order valence-electron chi connectivity index (χ4n) is 1.59. The molecular weight excluding hydrogens is 186 g/mol. The number of hydrogen-bond acceptors (Lipinski definition) is 4. The van der Waals surface area contributed by atoms with Gasteiger partial charge in [-0.25, -0.2) is 0 Å². The average molecular weight is 203 g/mol. The number of rotatable bonds is 5. The molecule has 0 aromatic rings. The van der Waals surface area contributed by atoms with Crippen molar-refractivity contribution < 1.29 is 19.7 Å². The van der Waals surface area contributed by atoms with Gasteiger partial charge in [0, 0.05) is 6.54 Å². The van der Waals surface area contributed by atoms with Crippen molar-refractivity contribution in [2.45, 2.75) is 25.0 Å². The topological polar surface area (TPSA) is 70.0 Å². The first-order valence-corrected chi connectivity index (χ1v) is 4.79. The molecule has 1 aliphatic rings. The minimum atomic E-state index is -0.856. The van der Waals surface area contributed by atoms with Crippen molar-refractivity contribution in [2.75, 3.05) is 26.8 Å². The van der Waals surface area contributed by atoms with Crippen LogP contribution >= 0.6 is 0 Å². The lowest BCUT2D eigenvalue weighted by Gasteiger charge is -2.21. The summed E-state index contributed by atoms with van der Waals surface area (Å²) >= 11 is 0. The standard InChI is InChI=1S/C9H17NO4/c1-10-4-2-8(11)7(10)6-14-5-3-9(12)13/h7-8,11H,2-6H2,1H3,(H,12,13)/t7-,8+/m1/s1. The lowest BCUT2D eigenvalue weighted by Crippen LogP contribution is -2.36. The van der Waals surface area contributed by atoms with Gasteiger partial charge in [0.1, 0.15) is 0 Å². The van der Waals surface area contributed by atoms with Gasteiger partial charge in [0.2, 0.25) is 0 Å². The number of aliphatic hydroxyl groups excluding tert-OH is 1. The highest BCUT2D eigenvalue weighted by Crippen LogP contribution is 2.15. The molecule has 0 bridgehead atoms. The number of likely N-dealkylation sites (tertiary alicyclic amines) is 1. The Morgan fingerprint density at radius 1 is 1.64 bits per heavy atom. The summed E-state index contributed by atoms with van der Waals surface area (Å²) in [7, 11) is 1.93. The number of aliphatic carboxylic acids is 1. The predicted octanol–water partition coefficient (Wildman–Crippen LogP) is -0.457. The number of aliphatic hydroxyl groups is 1. The van der Waals surface area contributed by atoms with E-state index in [0.717, 1.165) is 13.0 Å². The molecule has 0 saturated carbocycles. The van der Waals surface area contributed by atoms with Crippen LogP contribution in [0, 0.1) is 0 Å². The summed E-state index contributed by atoms with van der Waals surface area (Å²) in [5.41, 5.74) is 0. The van der Waals surface area contributed by atoms with Gasteiger partial charge in [-0.05, 0) is 13.5 Å². The van der Waals surface area contributed by atoms with Crippen LogP contribution in [0.5, 0.6) is 0 Å². The van der Waals surface area contributed by atoms with Crippen LogP contribution in [-0.4, -0.2) is 60.0 Å². The Morgan fingerprint density at radius 3 is 2.86 bits per heavy atom. The number of likely N-dealkylation sites (N-methyl/N-ethyl adjacent to an activating group) is 1. The fraction of sp³-hybridized carbons (Fsp3) is 0.889. The number of carboxylic acids is 1. The van der Waals surface area contributed by atoms with E-state index in [4.69, 9.17) is 9.84 Å². The molecule has 5 nitrogen and oxygen atoms in total. The zero-order valence-electron chi connectivity index (χ0n) is 8.35. The van der Waals surface area contributed by atoms with Gasteiger partial charge in [-0.2, -0.15) is 0 Å². The Balaban J connectivity index is 2.14. The largest absolute Gasteiger partial charge is 0.481 e. The molecule has 1 rings (SSSR count). The molecule has 0 aromatic carbocycles. The van der Waals surface area contributed by atoms with Gasteiger partial charge in [-0.15, -0.1) is 0 Å². The van der Waals surface area contributed by atoms with Crippen molar-refractivity contribution in [2.24, 2.45) is 0 Å². The summed E-state index contributed by atoms with van der Waals surface area (Å²) in [5, 5.41) is 17.9. The first kappa shape index (κ1) is 11.4. The second-order valence-electron chi connectivity index (χ2n) is 3.62. The minimum absolute atomic E-state index is 0.0174. The molecular formula is C9H17NO4. The predicted molar refractivity (Wildman–Crippen MR) is 50.1 cm³/mol. The summed E-state index contributed by atoms with van der Waals surface area (Å²) in [5.74, 6) is -0.856. The Bertz CT molecular complexity index is 187. The molecule has 5 heteroatoms. The van der Waals surface area contributed by atoms with E-state index < -0.39 is 5.97 Å². The first-order chi connectivity index (χ1) is 6.61. The number of hydrogen-bond donors (Lipinski definition) is 2. The summed E-state index contributed by atoms with van der Waals surface area (Å²) < 4.78 is 5.19. The minimum Gasteiger partial charge on any atom is -0.481 e. The van der Waals surface area contributed by atoms with Gasteiger partial charge in [0.15, 0.2) is 0 Å². The third kappa shape index (κ3) is 3.25. The summed E-state index contributed by atoms with van der Waals surface area (Å²) in [4.78, 5) is 12.2. The number of ether oxygens (including phenoxy) is 1. The summed E-state index contributed by atoms with van der Waals surface area (Å²) in [6.07, 6.45) is 0.445. The quantitative estimate of drug-likeness (QED) is 0.592. The van der Waals surface area contributed by atoms with Crippen LogP contribution in [0.2, 0.25) is 0 Å². The van der Waals surface area contributed by atoms with Crippen molar-refractivity contribution in [1.82, 2.24) is 4.90 Å². The van der Waals surface area contributed by atoms with Crippen LogP contribution in [0.3, 0.4) is 0 Å². The average Bonchev–Trinajstić information content (AvgIpc) is 2.42. The van der Waals surface area contributed by atoms with Crippen molar-refractivity contribution in [1.29, 1.82) is 0 Å². The van der Waals surface area contributed by atoms with E-state index in [0.29, 0.717) is 6.61 Å². The fourth-order valence-corrected chi connectivity index (χ4v) is 1.59. The van der Waals surface area contributed by atoms with Crippen LogP contribution in [-0.2, 0) is 9.53 Å². The zero-order chi connectivity index (χ0) is 10.6. The maximum atomic E-state index is 10.2. The van der Waals surface area contributed by atoms with Crippen molar-refractivity contribution >= 4 is 5.97 Å². The summed E-state index contributed by atoms with van der Waals surface area (Å²) in [6.45, 7) is 1.49. The SMILES string of the molecule is CN1CC[C@H](O)[C@H]1COCCC(=O)O. The Hall–Kier alpha value is -0.650. The van der Waals surface area contributed by atoms with Crippen LogP contribution in [0.4, 0.5) is 0 Å². The molecule has 0 spiro atoms. The molecule has 0 amide bonds. The highest BCUT2D eigenvalue weighted by molar-refractivity contribution is 5.66. The molecule has 0 aliphatic carbocycles. The van der Waals surface area contributed by atoms with Gasteiger partial charge in [0.05, 0.1) is 31.8 Å². The molecule has 0 radical (unpaired) electrons. The van der Waals surface area contributed by atoms with Crippen molar-refractivity contribution in [3.63, 3.8) is 0 Å². The van der Waals surface area contributed by atoms with Crippen LogP contribution in [0.25, 0.3) is 0 Å². The van der Waals surface area contributed by atoms with E-state index in [2.05, 4.69) is 0 Å². The summed E-state index contributed by atoms with van der Waals surface area (Å²) in [6, 6.07) is 0.0174. The molecule has 2 N–H and O–H groups in total. The molecule has 1 aliphatic heterocycles. The Labute approximate surface area is 83.3 Å². The molecule has 14 heavy (non-hydrogen) atoms. The molecule has 1 heterocycles. The lowest BCUT2D eigenvalue weighted by molar-refractivity contribution is -0.138. The van der Waals surface area contributed by atoms with Gasteiger partial charge in [-0.3, -0.25) is 9.69 Å². The molecule has 1 fully saturated rings. The normalized spacial score (nSPS) is 28.1. The molecule has 82 valence electrons. The van der Waals surface area contributed by atoms with E-state index in [9.17, 15) is 9.90 Å². The highest BCUT2D eigenvalue weighted by Gasteiger charge is 2.29. The third-order valence-corrected chi connectivity index (χ3v) is 2.54. The maximum Gasteiger partial charge on any atom is 0.305 e. The highest BCUT2D eigenvalue weighted by atomic mass is 16.5. The van der Waals surface area contributed by atoms with Gasteiger partial charge in [-0.1, -0.05) is 0 Å². The van der Waals surface area contributed by atoms with E-state index >= 15 is 0 Å². The van der Waals surface area contributed by atoms with Crippen molar-refractivity contribution in [3.8, 4) is 0 Å². The van der Waals surface area contributed by atoms with E-state index in [1.54, 1.807) is 0 Å². The van der Waals surface area contributed by atoms with Gasteiger partial charge >= 0.3 is 5.97 Å². The zero-order valence-corrected chi connectivity index (χ0v) is 8.35. The Kier molecular flexibility index (Phi) is 4.31. The first-order valence-electron chi connectivity index (χ1n) is 4.79. The third-order valence-electron chi connectivity index (χ3n) is 2.54. The van der Waals surface area contributed by atoms with Crippen LogP contribution in [0.1, 0.15) is 12.8 Å². The van der Waals surface area contributed by atoms with Crippen molar-refractivity contribution in [3.05, 3.63) is 0 Å². The Morgan fingerprint density at radius 2 is 2.36 bits per heavy atom. The monoisotopic (exact) mass is 203 g/mol. The molecule has 1 saturated heterocycles. The van der Waals surface area contributed by atoms with E-state index in [1.165, 1.54) is 0 Å². The van der Waals surface area contributed by atoms with Crippen LogP contribution in [0.15, 0.2) is 0 Å². The molecule has 0 aromatic heterocycles. The number of carbonyl (C=O) groups is 1. The lowest BCUT2D eigenvalue weighted by atomic mass is 10.2. The molecule has 2 atom stereocenters. The van der Waals surface area contributed by atoms with Gasteiger partial charge in [0.25, 0.3) is 0 Å². The second kappa shape index (κ2) is 5.29.